The molecular formula is C19H17ClFN3O2. The van der Waals surface area contributed by atoms with E-state index >= 15 is 0 Å². The predicted molar refractivity (Wildman–Crippen MR) is 100 cm³/mol. The highest BCUT2D eigenvalue weighted by molar-refractivity contribution is 6.34. The lowest BCUT2D eigenvalue weighted by molar-refractivity contribution is 0.402. The first-order valence-electron chi connectivity index (χ1n) is 7.90. The summed E-state index contributed by atoms with van der Waals surface area (Å²) in [6.45, 7) is 2.18. The first kappa shape index (κ1) is 17.9. The Morgan fingerprint density at radius 3 is 2.77 bits per heavy atom. The summed E-state index contributed by atoms with van der Waals surface area (Å²) < 4.78 is 20.2. The van der Waals surface area contributed by atoms with Crippen molar-refractivity contribution in [1.82, 2.24) is 9.55 Å². The molecule has 0 aliphatic rings. The lowest BCUT2D eigenvalue weighted by atomic mass is 10.2. The van der Waals surface area contributed by atoms with Gasteiger partial charge >= 0.3 is 5.56 Å². The Labute approximate surface area is 155 Å². The number of rotatable bonds is 5. The van der Waals surface area contributed by atoms with Gasteiger partial charge in [0.1, 0.15) is 5.82 Å². The van der Waals surface area contributed by atoms with Crippen molar-refractivity contribution in [3.05, 3.63) is 81.0 Å². The number of aryl methyl sites for hydroxylation is 1. The van der Waals surface area contributed by atoms with E-state index in [0.29, 0.717) is 17.3 Å². The maximum Gasteiger partial charge on any atom is 0.316 e. The monoisotopic (exact) mass is 373 g/mol. The molecule has 3 rings (SSSR count). The van der Waals surface area contributed by atoms with Gasteiger partial charge in [0.25, 0.3) is 0 Å². The van der Waals surface area contributed by atoms with Gasteiger partial charge in [0.2, 0.25) is 11.7 Å². The molecule has 0 spiro atoms. The zero-order valence-corrected chi connectivity index (χ0v) is 15.0. The van der Waals surface area contributed by atoms with Crippen LogP contribution in [0.3, 0.4) is 0 Å². The van der Waals surface area contributed by atoms with Crippen LogP contribution < -0.4 is 15.6 Å². The van der Waals surface area contributed by atoms with Gasteiger partial charge in [0, 0.05) is 0 Å². The van der Waals surface area contributed by atoms with Crippen molar-refractivity contribution in [2.24, 2.45) is 0 Å². The highest BCUT2D eigenvalue weighted by Gasteiger charge is 2.12. The van der Waals surface area contributed by atoms with Gasteiger partial charge in [-0.05, 0) is 36.2 Å². The molecule has 1 heterocycles. The second-order valence-corrected chi connectivity index (χ2v) is 6.14. The molecule has 1 aromatic heterocycles. The molecule has 1 N–H and O–H groups in total. The molecule has 0 bridgehead atoms. The molecule has 5 nitrogen and oxygen atoms in total. The van der Waals surface area contributed by atoms with Crippen molar-refractivity contribution in [1.29, 1.82) is 0 Å². The molecule has 0 saturated carbocycles. The van der Waals surface area contributed by atoms with E-state index < -0.39 is 5.56 Å². The van der Waals surface area contributed by atoms with E-state index in [-0.39, 0.29) is 17.5 Å². The third-order valence-corrected chi connectivity index (χ3v) is 4.37. The lowest BCUT2D eigenvalue weighted by Gasteiger charge is -2.16. The average Bonchev–Trinajstić information content (AvgIpc) is 2.61. The summed E-state index contributed by atoms with van der Waals surface area (Å²) in [6.07, 6.45) is 1.53. The molecule has 0 unspecified atom stereocenters. The van der Waals surface area contributed by atoms with E-state index in [4.69, 9.17) is 16.3 Å². The zero-order valence-electron chi connectivity index (χ0n) is 14.3. The fourth-order valence-electron chi connectivity index (χ4n) is 2.53. The van der Waals surface area contributed by atoms with Crippen LogP contribution in [-0.2, 0) is 6.54 Å². The zero-order chi connectivity index (χ0) is 18.7. The van der Waals surface area contributed by atoms with Crippen molar-refractivity contribution in [3.8, 4) is 5.75 Å². The van der Waals surface area contributed by atoms with Crippen LogP contribution in [-0.4, -0.2) is 16.7 Å². The van der Waals surface area contributed by atoms with Crippen LogP contribution in [0.5, 0.6) is 5.75 Å². The van der Waals surface area contributed by atoms with Crippen molar-refractivity contribution in [3.63, 3.8) is 0 Å². The van der Waals surface area contributed by atoms with Gasteiger partial charge in [-0.1, -0.05) is 35.9 Å². The number of halogens is 2. The molecule has 134 valence electrons. The molecule has 0 amide bonds. The summed E-state index contributed by atoms with van der Waals surface area (Å²) in [6, 6.07) is 11.7. The molecule has 0 saturated heterocycles. The van der Waals surface area contributed by atoms with Crippen molar-refractivity contribution < 1.29 is 9.13 Å². The number of anilines is 2. The van der Waals surface area contributed by atoms with Gasteiger partial charge in [0.05, 0.1) is 30.6 Å². The van der Waals surface area contributed by atoms with Crippen molar-refractivity contribution in [2.45, 2.75) is 13.5 Å². The standard InChI is InChI=1S/C19H17ClFN3O2/c1-12-5-3-8-15(17(12)20)22-19-23-18(25)16(26-2)11-24(19)10-13-6-4-7-14(21)9-13/h3-9,11H,10H2,1-2H3,(H,22,23,25). The van der Waals surface area contributed by atoms with E-state index in [2.05, 4.69) is 10.3 Å². The summed E-state index contributed by atoms with van der Waals surface area (Å²) in [7, 11) is 1.40. The van der Waals surface area contributed by atoms with Crippen LogP contribution >= 0.6 is 11.6 Å². The number of ether oxygens (including phenoxy) is 1. The van der Waals surface area contributed by atoms with E-state index in [0.717, 1.165) is 11.1 Å². The van der Waals surface area contributed by atoms with Crippen molar-refractivity contribution >= 4 is 23.2 Å². The fraction of sp³-hybridized carbons (Fsp3) is 0.158. The number of nitrogens with zero attached hydrogens (tertiary/aromatic N) is 2. The summed E-state index contributed by atoms with van der Waals surface area (Å²) in [5, 5.41) is 3.62. The Morgan fingerprint density at radius 1 is 1.27 bits per heavy atom. The van der Waals surface area contributed by atoms with E-state index in [1.807, 2.05) is 19.1 Å². The minimum Gasteiger partial charge on any atom is -0.490 e. The molecule has 0 aliphatic carbocycles. The third kappa shape index (κ3) is 3.86. The highest BCUT2D eigenvalue weighted by atomic mass is 35.5. The largest absolute Gasteiger partial charge is 0.490 e. The Kier molecular flexibility index (Phi) is 5.23. The quantitative estimate of drug-likeness (QED) is 0.730. The molecule has 0 radical (unpaired) electrons. The van der Waals surface area contributed by atoms with Crippen LogP contribution in [0.25, 0.3) is 0 Å². The smallest absolute Gasteiger partial charge is 0.316 e. The van der Waals surface area contributed by atoms with Gasteiger partial charge in [-0.15, -0.1) is 0 Å². The topological polar surface area (TPSA) is 56.1 Å². The number of methoxy groups -OCH3 is 1. The normalized spacial score (nSPS) is 10.6. The molecule has 0 aliphatic heterocycles. The first-order valence-corrected chi connectivity index (χ1v) is 8.28. The second kappa shape index (κ2) is 7.58. The summed E-state index contributed by atoms with van der Waals surface area (Å²) >= 11 is 6.32. The van der Waals surface area contributed by atoms with Gasteiger partial charge in [-0.25, -0.2) is 4.39 Å². The Bertz CT molecular complexity index is 1000. The molecule has 2 aromatic carbocycles. The van der Waals surface area contributed by atoms with E-state index in [9.17, 15) is 9.18 Å². The Morgan fingerprint density at radius 2 is 2.04 bits per heavy atom. The van der Waals surface area contributed by atoms with E-state index in [1.54, 1.807) is 22.8 Å². The predicted octanol–water partition coefficient (Wildman–Crippen LogP) is 4.14. The highest BCUT2D eigenvalue weighted by Crippen LogP contribution is 2.27. The Hall–Kier alpha value is -2.86. The molecular weight excluding hydrogens is 357 g/mol. The van der Waals surface area contributed by atoms with Crippen LogP contribution in [0.1, 0.15) is 11.1 Å². The fourth-order valence-corrected chi connectivity index (χ4v) is 2.70. The van der Waals surface area contributed by atoms with Gasteiger partial charge in [0.15, 0.2) is 0 Å². The lowest BCUT2D eigenvalue weighted by Crippen LogP contribution is -2.18. The minimum atomic E-state index is -0.505. The first-order chi connectivity index (χ1) is 12.5. The van der Waals surface area contributed by atoms with Gasteiger partial charge < -0.3 is 14.6 Å². The van der Waals surface area contributed by atoms with Crippen LogP contribution in [0.2, 0.25) is 5.02 Å². The summed E-state index contributed by atoms with van der Waals surface area (Å²) in [5.41, 5.74) is 1.73. The number of benzene rings is 2. The van der Waals surface area contributed by atoms with Gasteiger partial charge in [-0.2, -0.15) is 4.98 Å². The number of hydrogen-bond acceptors (Lipinski definition) is 4. The summed E-state index contributed by atoms with van der Waals surface area (Å²) in [4.78, 5) is 16.1. The van der Waals surface area contributed by atoms with Crippen LogP contribution in [0, 0.1) is 12.7 Å². The maximum absolute atomic E-state index is 13.5. The molecule has 26 heavy (non-hydrogen) atoms. The third-order valence-electron chi connectivity index (χ3n) is 3.86. The Balaban J connectivity index is 2.04. The van der Waals surface area contributed by atoms with Crippen molar-refractivity contribution in [2.75, 3.05) is 12.4 Å². The number of hydrogen-bond donors (Lipinski definition) is 1. The van der Waals surface area contributed by atoms with Crippen LogP contribution in [0.4, 0.5) is 16.0 Å². The summed E-state index contributed by atoms with van der Waals surface area (Å²) in [5.74, 6) is 0.0505. The van der Waals surface area contributed by atoms with Crippen LogP contribution in [0.15, 0.2) is 53.5 Å². The van der Waals surface area contributed by atoms with Gasteiger partial charge in [-0.3, -0.25) is 4.79 Å². The SMILES string of the molecule is COc1cn(Cc2cccc(F)c2)c(Nc2cccc(C)c2Cl)nc1=O. The molecule has 0 fully saturated rings. The molecule has 3 aromatic rings. The maximum atomic E-state index is 13.5. The molecule has 0 atom stereocenters. The average molecular weight is 374 g/mol. The second-order valence-electron chi connectivity index (χ2n) is 5.76. The minimum absolute atomic E-state index is 0.0993. The number of aromatic nitrogens is 2. The number of nitrogens with one attached hydrogen (secondary N) is 1. The van der Waals surface area contributed by atoms with E-state index in [1.165, 1.54) is 25.4 Å². The molecule has 7 heteroatoms.